The van der Waals surface area contributed by atoms with E-state index >= 15 is 0 Å². The van der Waals surface area contributed by atoms with Crippen molar-refractivity contribution in [3.8, 4) is 5.13 Å². The summed E-state index contributed by atoms with van der Waals surface area (Å²) in [4.78, 5) is 51.2. The molecular weight excluding hydrogens is 463 g/mol. The summed E-state index contributed by atoms with van der Waals surface area (Å²) in [6.45, 7) is 2.40. The molecule has 5 heterocycles. The number of hydrogen-bond acceptors (Lipinski definition) is 9. The van der Waals surface area contributed by atoms with Crippen molar-refractivity contribution in [1.82, 2.24) is 23.9 Å². The summed E-state index contributed by atoms with van der Waals surface area (Å²) in [7, 11) is 0. The van der Waals surface area contributed by atoms with Crippen LogP contribution in [0.15, 0.2) is 41.6 Å². The Kier molecular flexibility index (Phi) is 5.36. The lowest BCUT2D eigenvalue weighted by atomic mass is 9.92. The van der Waals surface area contributed by atoms with Gasteiger partial charge in [-0.1, -0.05) is 6.07 Å². The Morgan fingerprint density at radius 2 is 2.06 bits per heavy atom. The fraction of sp³-hybridized carbons (Fsp3) is 0.227. The van der Waals surface area contributed by atoms with Gasteiger partial charge in [0.1, 0.15) is 17.7 Å². The molecule has 4 aromatic heterocycles. The second-order valence-corrected chi connectivity index (χ2v) is 8.71. The third-order valence-electron chi connectivity index (χ3n) is 5.64. The van der Waals surface area contributed by atoms with Crippen molar-refractivity contribution in [1.29, 1.82) is 0 Å². The zero-order chi connectivity index (χ0) is 24.0. The Labute approximate surface area is 195 Å². The predicted octanol–water partition coefficient (Wildman–Crippen LogP) is 2.03. The largest absolute Gasteiger partial charge is 0.477 e. The highest BCUT2D eigenvalue weighted by Crippen LogP contribution is 2.29. The normalized spacial score (nSPS) is 13.8. The lowest BCUT2D eigenvalue weighted by molar-refractivity contribution is -0.123. The van der Waals surface area contributed by atoms with Gasteiger partial charge in [0.2, 0.25) is 10.6 Å². The Hall–Kier alpha value is -4.06. The highest BCUT2D eigenvalue weighted by Gasteiger charge is 2.35. The summed E-state index contributed by atoms with van der Waals surface area (Å²) in [5.74, 6) is -2.53. The van der Waals surface area contributed by atoms with Crippen LogP contribution < -0.4 is 10.3 Å². The highest BCUT2D eigenvalue weighted by atomic mass is 32.1. The van der Waals surface area contributed by atoms with Crippen molar-refractivity contribution in [2.75, 3.05) is 18.0 Å². The van der Waals surface area contributed by atoms with E-state index in [1.165, 1.54) is 10.9 Å². The van der Waals surface area contributed by atoms with Crippen LogP contribution in [0.25, 0.3) is 16.2 Å². The van der Waals surface area contributed by atoms with Crippen LogP contribution in [0.5, 0.6) is 0 Å². The van der Waals surface area contributed by atoms with Gasteiger partial charge in [0.25, 0.3) is 0 Å². The molecule has 34 heavy (non-hydrogen) atoms. The van der Waals surface area contributed by atoms with Gasteiger partial charge in [0.05, 0.1) is 11.3 Å². The van der Waals surface area contributed by atoms with Gasteiger partial charge in [0, 0.05) is 48.6 Å². The van der Waals surface area contributed by atoms with Crippen LogP contribution >= 0.6 is 11.5 Å². The molecule has 1 fully saturated rings. The zero-order valence-electron chi connectivity index (χ0n) is 17.8. The zero-order valence-corrected chi connectivity index (χ0v) is 18.6. The fourth-order valence-electron chi connectivity index (χ4n) is 3.88. The minimum atomic E-state index is -1.44. The van der Waals surface area contributed by atoms with E-state index in [1.807, 2.05) is 19.1 Å². The number of carboxylic acids is 1. The number of aromatic nitrogens is 5. The first-order chi connectivity index (χ1) is 16.3. The first kappa shape index (κ1) is 21.8. The van der Waals surface area contributed by atoms with E-state index in [4.69, 9.17) is 0 Å². The molecule has 0 unspecified atom stereocenters. The van der Waals surface area contributed by atoms with Crippen molar-refractivity contribution in [3.63, 3.8) is 0 Å². The number of Topliss-reactive ketones (excluding diaryl/α,β-unsaturated/α-hetero) is 1. The number of pyridine rings is 3. The molecule has 10 nitrogen and oxygen atoms in total. The van der Waals surface area contributed by atoms with E-state index in [2.05, 4.69) is 19.3 Å². The molecule has 0 aromatic carbocycles. The van der Waals surface area contributed by atoms with Gasteiger partial charge in [0.15, 0.2) is 17.3 Å². The number of rotatable bonds is 6. The first-order valence-corrected chi connectivity index (χ1v) is 11.1. The minimum Gasteiger partial charge on any atom is -0.477 e. The van der Waals surface area contributed by atoms with Gasteiger partial charge in [-0.15, -0.1) is 0 Å². The number of halogens is 1. The van der Waals surface area contributed by atoms with E-state index in [0.29, 0.717) is 5.69 Å². The Balaban J connectivity index is 1.46. The molecule has 5 rings (SSSR count). The second kappa shape index (κ2) is 8.37. The average molecular weight is 480 g/mol. The van der Waals surface area contributed by atoms with Crippen LogP contribution in [0.4, 0.5) is 10.2 Å². The average Bonchev–Trinajstić information content (AvgIpc) is 3.28. The molecule has 1 N–H and O–H groups in total. The molecule has 0 atom stereocenters. The molecule has 0 bridgehead atoms. The number of carbonyl (C=O) groups excluding carboxylic acids is 1. The van der Waals surface area contributed by atoms with Crippen LogP contribution in [0.2, 0.25) is 0 Å². The minimum absolute atomic E-state index is 0.00687. The van der Waals surface area contributed by atoms with Gasteiger partial charge in [-0.3, -0.25) is 19.1 Å². The van der Waals surface area contributed by atoms with Crippen LogP contribution in [0, 0.1) is 18.7 Å². The Bertz CT molecular complexity index is 1500. The maximum atomic E-state index is 15.0. The number of ketones is 1. The molecule has 0 spiro atoms. The number of fused-ring (bicyclic) bond motifs is 1. The summed E-state index contributed by atoms with van der Waals surface area (Å²) in [6, 6.07) is 6.48. The first-order valence-electron chi connectivity index (χ1n) is 10.3. The Morgan fingerprint density at radius 1 is 1.26 bits per heavy atom. The second-order valence-electron chi connectivity index (χ2n) is 7.95. The SMILES string of the molecule is Cc1cccc(CC(=O)C2CN(c3nc4c(cc3F)c(=O)c(C(=O)O)cn4-c3ncns3)C2)n1. The maximum absolute atomic E-state index is 15.0. The van der Waals surface area contributed by atoms with E-state index in [9.17, 15) is 23.9 Å². The number of anilines is 1. The molecule has 4 aromatic rings. The third-order valence-corrected chi connectivity index (χ3v) is 6.30. The van der Waals surface area contributed by atoms with Crippen molar-refractivity contribution >= 4 is 40.1 Å². The molecule has 1 aliphatic rings. The number of aryl methyl sites for hydroxylation is 1. The predicted molar refractivity (Wildman–Crippen MR) is 121 cm³/mol. The summed E-state index contributed by atoms with van der Waals surface area (Å²) >= 11 is 0.970. The molecule has 0 aliphatic carbocycles. The maximum Gasteiger partial charge on any atom is 0.341 e. The lowest BCUT2D eigenvalue weighted by Crippen LogP contribution is -2.51. The van der Waals surface area contributed by atoms with Gasteiger partial charge in [-0.25, -0.2) is 19.2 Å². The third kappa shape index (κ3) is 3.81. The molecule has 1 saturated heterocycles. The number of aromatic carboxylic acids is 1. The van der Waals surface area contributed by atoms with Crippen LogP contribution in [0.3, 0.4) is 0 Å². The van der Waals surface area contributed by atoms with Crippen molar-refractivity contribution in [2.45, 2.75) is 13.3 Å². The standard InChI is InChI=1S/C22H17FN6O4S/c1-11-3-2-4-13(26-11)5-17(30)12-7-28(8-12)20-16(23)6-14-18(31)15(21(32)33)9-29(19(14)27-20)22-24-10-25-34-22/h2-4,6,9-10,12H,5,7-8H2,1H3,(H,32,33). The lowest BCUT2D eigenvalue weighted by Gasteiger charge is -2.39. The van der Waals surface area contributed by atoms with Gasteiger partial charge in [-0.2, -0.15) is 4.37 Å². The van der Waals surface area contributed by atoms with E-state index < -0.39 is 22.8 Å². The van der Waals surface area contributed by atoms with Crippen molar-refractivity contribution < 1.29 is 19.1 Å². The van der Waals surface area contributed by atoms with Crippen LogP contribution in [-0.4, -0.2) is 53.8 Å². The van der Waals surface area contributed by atoms with Gasteiger partial charge < -0.3 is 10.0 Å². The summed E-state index contributed by atoms with van der Waals surface area (Å²) < 4.78 is 20.2. The quantitative estimate of drug-likeness (QED) is 0.440. The molecule has 0 amide bonds. The summed E-state index contributed by atoms with van der Waals surface area (Å²) in [6.07, 6.45) is 2.59. The highest BCUT2D eigenvalue weighted by molar-refractivity contribution is 7.08. The van der Waals surface area contributed by atoms with Crippen LogP contribution in [0.1, 0.15) is 21.7 Å². The van der Waals surface area contributed by atoms with Gasteiger partial charge >= 0.3 is 5.97 Å². The van der Waals surface area contributed by atoms with E-state index in [0.717, 1.165) is 29.5 Å². The van der Waals surface area contributed by atoms with E-state index in [-0.39, 0.29) is 53.2 Å². The molecule has 1 aliphatic heterocycles. The fourth-order valence-corrected chi connectivity index (χ4v) is 4.39. The number of hydrogen-bond donors (Lipinski definition) is 1. The number of carbonyl (C=O) groups is 2. The molecular formula is C22H17FN6O4S. The molecule has 172 valence electrons. The van der Waals surface area contributed by atoms with Crippen molar-refractivity contribution in [2.24, 2.45) is 5.92 Å². The topological polar surface area (TPSA) is 131 Å². The number of nitrogens with zero attached hydrogens (tertiary/aromatic N) is 6. The van der Waals surface area contributed by atoms with Crippen LogP contribution in [-0.2, 0) is 11.2 Å². The molecule has 0 radical (unpaired) electrons. The van der Waals surface area contributed by atoms with E-state index in [1.54, 1.807) is 11.0 Å². The smallest absolute Gasteiger partial charge is 0.341 e. The Morgan fingerprint density at radius 3 is 2.74 bits per heavy atom. The summed E-state index contributed by atoms with van der Waals surface area (Å²) in [5.41, 5.74) is 0.200. The monoisotopic (exact) mass is 480 g/mol. The molecule has 0 saturated carbocycles. The van der Waals surface area contributed by atoms with Crippen molar-refractivity contribution in [3.05, 3.63) is 69.8 Å². The van der Waals surface area contributed by atoms with Gasteiger partial charge in [-0.05, 0) is 25.1 Å². The summed E-state index contributed by atoms with van der Waals surface area (Å²) in [5, 5.41) is 9.50. The molecule has 12 heteroatoms. The number of carboxylic acid groups (broad SMARTS) is 1.